The van der Waals surface area contributed by atoms with E-state index >= 15 is 0 Å². The van der Waals surface area contributed by atoms with Crippen LogP contribution in [-0.2, 0) is 4.79 Å². The second kappa shape index (κ2) is 7.46. The number of Topliss-reactive ketones (excluding diaryl/α,β-unsaturated/α-hetero) is 1. The second-order valence-corrected chi connectivity index (χ2v) is 6.02. The van der Waals surface area contributed by atoms with E-state index in [1.807, 2.05) is 26.2 Å². The van der Waals surface area contributed by atoms with Gasteiger partial charge in [-0.15, -0.1) is 12.4 Å². The second-order valence-electron chi connectivity index (χ2n) is 5.21. The molecule has 0 radical (unpaired) electrons. The minimum absolute atomic E-state index is 0. The molecule has 0 aliphatic heterocycles. The molecule has 0 N–H and O–H groups in total. The average Bonchev–Trinajstić information content (AvgIpc) is 2.66. The van der Waals surface area contributed by atoms with Gasteiger partial charge in [-0.2, -0.15) is 0 Å². The molecule has 0 saturated heterocycles. The van der Waals surface area contributed by atoms with Crippen molar-refractivity contribution in [3.05, 3.63) is 39.4 Å². The van der Waals surface area contributed by atoms with E-state index in [-0.39, 0.29) is 24.1 Å². The number of ketones is 1. The summed E-state index contributed by atoms with van der Waals surface area (Å²) in [5.74, 6) is 0.392. The Hall–Kier alpha value is -0.540. The Bertz CT molecular complexity index is 526. The van der Waals surface area contributed by atoms with Gasteiger partial charge in [-0.1, -0.05) is 29.3 Å². The van der Waals surface area contributed by atoms with E-state index < -0.39 is 0 Å². The van der Waals surface area contributed by atoms with Gasteiger partial charge in [-0.25, -0.2) is 0 Å². The van der Waals surface area contributed by atoms with Gasteiger partial charge in [0.1, 0.15) is 0 Å². The molecule has 1 aliphatic carbocycles. The van der Waals surface area contributed by atoms with Crippen LogP contribution in [0.25, 0.3) is 6.08 Å². The number of carbonyl (C=O) groups excluding carboxylic acids is 1. The van der Waals surface area contributed by atoms with Crippen LogP contribution in [0.4, 0.5) is 0 Å². The number of carbonyl (C=O) groups is 1. The van der Waals surface area contributed by atoms with Crippen molar-refractivity contribution >= 4 is 47.5 Å². The molecule has 110 valence electrons. The zero-order chi connectivity index (χ0) is 14.0. The predicted octanol–water partition coefficient (Wildman–Crippen LogP) is 4.34. The standard InChI is InChI=1S/C15H17Cl2NO.ClH/c1-18(2)9-12-5-4-11(15(12)19)7-10-3-6-13(16)14(17)8-10;/h3,6-8,12H,4-5,9H2,1-2H3;1H/b11-7+;. The van der Waals surface area contributed by atoms with Crippen molar-refractivity contribution in [2.45, 2.75) is 12.8 Å². The molecule has 0 spiro atoms. The van der Waals surface area contributed by atoms with Crippen LogP contribution in [0, 0.1) is 5.92 Å². The summed E-state index contributed by atoms with van der Waals surface area (Å²) in [5, 5.41) is 1.05. The fourth-order valence-corrected chi connectivity index (χ4v) is 2.71. The molecule has 20 heavy (non-hydrogen) atoms. The van der Waals surface area contributed by atoms with Crippen LogP contribution in [0.3, 0.4) is 0 Å². The Balaban J connectivity index is 0.00000200. The molecule has 1 aromatic rings. The summed E-state index contributed by atoms with van der Waals surface area (Å²) in [4.78, 5) is 14.3. The molecular formula is C15H18Cl3NO. The number of benzene rings is 1. The normalized spacial score (nSPS) is 20.6. The molecule has 1 saturated carbocycles. The molecule has 1 aliphatic rings. The summed E-state index contributed by atoms with van der Waals surface area (Å²) in [6.45, 7) is 0.817. The molecular weight excluding hydrogens is 317 g/mol. The van der Waals surface area contributed by atoms with E-state index in [0.717, 1.165) is 30.5 Å². The van der Waals surface area contributed by atoms with E-state index in [9.17, 15) is 4.79 Å². The van der Waals surface area contributed by atoms with Crippen molar-refractivity contribution in [1.29, 1.82) is 0 Å². The Morgan fingerprint density at radius 2 is 2.00 bits per heavy atom. The largest absolute Gasteiger partial charge is 0.309 e. The van der Waals surface area contributed by atoms with Gasteiger partial charge in [0, 0.05) is 12.5 Å². The summed E-state index contributed by atoms with van der Waals surface area (Å²) in [7, 11) is 3.99. The summed E-state index contributed by atoms with van der Waals surface area (Å²) < 4.78 is 0. The lowest BCUT2D eigenvalue weighted by Gasteiger charge is -2.13. The monoisotopic (exact) mass is 333 g/mol. The highest BCUT2D eigenvalue weighted by atomic mass is 35.5. The fourth-order valence-electron chi connectivity index (χ4n) is 2.41. The maximum Gasteiger partial charge on any atom is 0.163 e. The third kappa shape index (κ3) is 4.23. The minimum atomic E-state index is 0. The molecule has 0 bridgehead atoms. The molecule has 0 heterocycles. The van der Waals surface area contributed by atoms with Crippen LogP contribution >= 0.6 is 35.6 Å². The Morgan fingerprint density at radius 3 is 2.60 bits per heavy atom. The van der Waals surface area contributed by atoms with Crippen molar-refractivity contribution in [2.24, 2.45) is 5.92 Å². The van der Waals surface area contributed by atoms with E-state index in [1.54, 1.807) is 12.1 Å². The highest BCUT2D eigenvalue weighted by Crippen LogP contribution is 2.30. The van der Waals surface area contributed by atoms with Gasteiger partial charge in [-0.05, 0) is 56.3 Å². The van der Waals surface area contributed by atoms with E-state index in [4.69, 9.17) is 23.2 Å². The molecule has 1 fully saturated rings. The Kier molecular flexibility index (Phi) is 6.53. The number of allylic oxidation sites excluding steroid dienone is 1. The minimum Gasteiger partial charge on any atom is -0.309 e. The first-order chi connectivity index (χ1) is 8.97. The van der Waals surface area contributed by atoms with E-state index in [1.165, 1.54) is 0 Å². The maximum absolute atomic E-state index is 12.2. The quantitative estimate of drug-likeness (QED) is 0.766. The van der Waals surface area contributed by atoms with Gasteiger partial charge >= 0.3 is 0 Å². The van der Waals surface area contributed by atoms with Crippen LogP contribution in [0.1, 0.15) is 18.4 Å². The summed E-state index contributed by atoms with van der Waals surface area (Å²) in [5.41, 5.74) is 1.83. The molecule has 0 amide bonds. The third-order valence-electron chi connectivity index (χ3n) is 3.32. The molecule has 1 atom stereocenters. The number of hydrogen-bond acceptors (Lipinski definition) is 2. The van der Waals surface area contributed by atoms with Crippen molar-refractivity contribution in [3.63, 3.8) is 0 Å². The topological polar surface area (TPSA) is 20.3 Å². The van der Waals surface area contributed by atoms with Gasteiger partial charge in [0.2, 0.25) is 0 Å². The molecule has 2 rings (SSSR count). The summed E-state index contributed by atoms with van der Waals surface area (Å²) in [6.07, 6.45) is 3.71. The first-order valence-electron chi connectivity index (χ1n) is 6.32. The number of hydrogen-bond donors (Lipinski definition) is 0. The van der Waals surface area contributed by atoms with E-state index in [0.29, 0.717) is 10.0 Å². The first kappa shape index (κ1) is 17.5. The van der Waals surface area contributed by atoms with Crippen LogP contribution in [0.5, 0.6) is 0 Å². The van der Waals surface area contributed by atoms with Crippen LogP contribution < -0.4 is 0 Å². The molecule has 1 unspecified atom stereocenters. The lowest BCUT2D eigenvalue weighted by molar-refractivity contribution is -0.118. The molecule has 1 aromatic carbocycles. The SMILES string of the molecule is CN(C)CC1CC/C(=C\c2ccc(Cl)c(Cl)c2)C1=O.Cl. The average molecular weight is 335 g/mol. The van der Waals surface area contributed by atoms with Crippen molar-refractivity contribution in [2.75, 3.05) is 20.6 Å². The highest BCUT2D eigenvalue weighted by molar-refractivity contribution is 6.42. The fraction of sp³-hybridized carbons (Fsp3) is 0.400. The highest BCUT2D eigenvalue weighted by Gasteiger charge is 2.29. The van der Waals surface area contributed by atoms with Gasteiger partial charge < -0.3 is 4.90 Å². The van der Waals surface area contributed by atoms with Crippen molar-refractivity contribution in [1.82, 2.24) is 4.90 Å². The Labute approximate surface area is 136 Å². The Morgan fingerprint density at radius 1 is 1.30 bits per heavy atom. The molecule has 5 heteroatoms. The smallest absolute Gasteiger partial charge is 0.163 e. The van der Waals surface area contributed by atoms with E-state index in [2.05, 4.69) is 4.90 Å². The zero-order valence-corrected chi connectivity index (χ0v) is 13.9. The van der Waals surface area contributed by atoms with Crippen LogP contribution in [-0.4, -0.2) is 31.3 Å². The third-order valence-corrected chi connectivity index (χ3v) is 4.06. The van der Waals surface area contributed by atoms with Crippen LogP contribution in [0.15, 0.2) is 23.8 Å². The maximum atomic E-state index is 12.2. The van der Waals surface area contributed by atoms with Gasteiger partial charge in [0.25, 0.3) is 0 Å². The van der Waals surface area contributed by atoms with Crippen molar-refractivity contribution in [3.8, 4) is 0 Å². The van der Waals surface area contributed by atoms with Crippen LogP contribution in [0.2, 0.25) is 10.0 Å². The summed E-state index contributed by atoms with van der Waals surface area (Å²) >= 11 is 11.9. The predicted molar refractivity (Wildman–Crippen MR) is 88.0 cm³/mol. The van der Waals surface area contributed by atoms with Gasteiger partial charge in [0.15, 0.2) is 5.78 Å². The molecule has 2 nitrogen and oxygen atoms in total. The molecule has 0 aromatic heterocycles. The lowest BCUT2D eigenvalue weighted by Crippen LogP contribution is -2.24. The van der Waals surface area contributed by atoms with Gasteiger partial charge in [-0.3, -0.25) is 4.79 Å². The zero-order valence-electron chi connectivity index (χ0n) is 11.5. The first-order valence-corrected chi connectivity index (χ1v) is 7.07. The van der Waals surface area contributed by atoms with Gasteiger partial charge in [0.05, 0.1) is 10.0 Å². The lowest BCUT2D eigenvalue weighted by atomic mass is 10.0. The van der Waals surface area contributed by atoms with Crippen molar-refractivity contribution < 1.29 is 4.79 Å². The number of rotatable bonds is 3. The summed E-state index contributed by atoms with van der Waals surface area (Å²) in [6, 6.07) is 5.43. The number of halogens is 3. The number of nitrogens with zero attached hydrogens (tertiary/aromatic N) is 1.